The number of halogens is 2. The van der Waals surface area contributed by atoms with Crippen LogP contribution in [0.1, 0.15) is 0 Å². The van der Waals surface area contributed by atoms with Gasteiger partial charge in [-0.25, -0.2) is 0 Å². The Morgan fingerprint density at radius 3 is 2.92 bits per heavy atom. The highest BCUT2D eigenvalue weighted by Crippen LogP contribution is 2.37. The predicted molar refractivity (Wildman–Crippen MR) is 61.2 cm³/mol. The number of benzene rings is 1. The Balaban J connectivity index is 2.92. The topological polar surface area (TPSA) is 20.2 Å². The second kappa shape index (κ2) is 3.05. The van der Waals surface area contributed by atoms with Crippen molar-refractivity contribution < 1.29 is 5.11 Å². The third-order valence-electron chi connectivity index (χ3n) is 1.57. The molecule has 12 heavy (non-hydrogen) atoms. The zero-order valence-corrected chi connectivity index (χ0v) is 9.57. The molecule has 0 radical (unpaired) electrons. The van der Waals surface area contributed by atoms with Crippen molar-refractivity contribution in [1.82, 2.24) is 0 Å². The second-order valence-corrected chi connectivity index (χ2v) is 4.92. The molecule has 1 nitrogen and oxygen atoms in total. The molecule has 1 heterocycles. The Morgan fingerprint density at radius 2 is 2.17 bits per heavy atom. The molecule has 0 aliphatic rings. The molecule has 0 saturated heterocycles. The van der Waals surface area contributed by atoms with Crippen LogP contribution in [0.3, 0.4) is 0 Å². The first-order valence-electron chi connectivity index (χ1n) is 3.23. The molecular formula is C8H4ClIOS. The molecule has 0 aliphatic carbocycles. The Labute approximate surface area is 92.1 Å². The van der Waals surface area contributed by atoms with Crippen LogP contribution < -0.4 is 0 Å². The molecule has 0 spiro atoms. The highest BCUT2D eigenvalue weighted by atomic mass is 127. The van der Waals surface area contributed by atoms with E-state index in [1.54, 1.807) is 5.38 Å². The first kappa shape index (κ1) is 8.59. The van der Waals surface area contributed by atoms with Crippen molar-refractivity contribution in [2.24, 2.45) is 0 Å². The van der Waals surface area contributed by atoms with Crippen LogP contribution in [0.4, 0.5) is 0 Å². The van der Waals surface area contributed by atoms with E-state index in [9.17, 15) is 5.11 Å². The minimum Gasteiger partial charge on any atom is -0.506 e. The molecule has 1 aromatic carbocycles. The number of fused-ring (bicyclic) bond motifs is 1. The molecule has 2 aromatic rings. The fourth-order valence-electron chi connectivity index (χ4n) is 1.05. The number of hydrogen-bond acceptors (Lipinski definition) is 2. The number of hydrogen-bond donors (Lipinski definition) is 1. The average Bonchev–Trinajstić information content (AvgIpc) is 2.33. The van der Waals surface area contributed by atoms with Gasteiger partial charge in [0, 0.05) is 14.3 Å². The third kappa shape index (κ3) is 1.30. The van der Waals surface area contributed by atoms with Crippen molar-refractivity contribution in [2.45, 2.75) is 0 Å². The van der Waals surface area contributed by atoms with Crippen molar-refractivity contribution in [3.05, 3.63) is 26.1 Å². The van der Waals surface area contributed by atoms with E-state index in [1.165, 1.54) is 11.3 Å². The van der Waals surface area contributed by atoms with E-state index in [1.807, 2.05) is 12.1 Å². The SMILES string of the molecule is Oc1csc2c(Cl)cc(I)cc12. The Hall–Kier alpha value is -0.0000000000000000555. The van der Waals surface area contributed by atoms with Gasteiger partial charge in [-0.2, -0.15) is 0 Å². The molecule has 2 rings (SSSR count). The van der Waals surface area contributed by atoms with Crippen LogP contribution in [0.2, 0.25) is 5.02 Å². The smallest absolute Gasteiger partial charge is 0.134 e. The normalized spacial score (nSPS) is 10.8. The predicted octanol–water partition coefficient (Wildman–Crippen LogP) is 3.86. The molecule has 0 saturated carbocycles. The summed E-state index contributed by atoms with van der Waals surface area (Å²) in [6.45, 7) is 0. The summed E-state index contributed by atoms with van der Waals surface area (Å²) in [6, 6.07) is 3.81. The van der Waals surface area contributed by atoms with E-state index in [-0.39, 0.29) is 0 Å². The van der Waals surface area contributed by atoms with Crippen molar-refractivity contribution in [3.63, 3.8) is 0 Å². The summed E-state index contributed by atoms with van der Waals surface area (Å²) in [5, 5.41) is 12.7. The summed E-state index contributed by atoms with van der Waals surface area (Å²) in [6.07, 6.45) is 0. The fraction of sp³-hybridized carbons (Fsp3) is 0. The lowest BCUT2D eigenvalue weighted by atomic mass is 10.2. The molecule has 0 fully saturated rings. The lowest BCUT2D eigenvalue weighted by Gasteiger charge is -1.95. The molecule has 0 atom stereocenters. The standard InChI is InChI=1S/C8H4ClIOS/c9-6-2-4(10)1-5-7(11)3-12-8(5)6/h1-3,11H. The zero-order chi connectivity index (χ0) is 8.72. The van der Waals surface area contributed by atoms with E-state index in [2.05, 4.69) is 22.6 Å². The number of rotatable bonds is 0. The van der Waals surface area contributed by atoms with Crippen LogP contribution in [0, 0.1) is 3.57 Å². The van der Waals surface area contributed by atoms with Crippen molar-refractivity contribution >= 4 is 55.6 Å². The lowest BCUT2D eigenvalue weighted by Crippen LogP contribution is -1.71. The quantitative estimate of drug-likeness (QED) is 0.733. The van der Waals surface area contributed by atoms with Gasteiger partial charge in [0.25, 0.3) is 0 Å². The third-order valence-corrected chi connectivity index (χ3v) is 3.62. The molecule has 62 valence electrons. The Bertz CT molecular complexity index is 438. The summed E-state index contributed by atoms with van der Waals surface area (Å²) >= 11 is 9.61. The van der Waals surface area contributed by atoms with Crippen LogP contribution in [0.25, 0.3) is 10.1 Å². The maximum Gasteiger partial charge on any atom is 0.134 e. The van der Waals surface area contributed by atoms with Crippen molar-refractivity contribution in [1.29, 1.82) is 0 Å². The molecule has 4 heteroatoms. The number of thiophene rings is 1. The molecule has 0 bridgehead atoms. The summed E-state index contributed by atoms with van der Waals surface area (Å²) in [4.78, 5) is 0. The lowest BCUT2D eigenvalue weighted by molar-refractivity contribution is 0.483. The summed E-state index contributed by atoms with van der Waals surface area (Å²) in [5.74, 6) is 0.315. The summed E-state index contributed by atoms with van der Waals surface area (Å²) in [7, 11) is 0. The van der Waals surface area contributed by atoms with Gasteiger partial charge in [0.1, 0.15) is 5.75 Å². The van der Waals surface area contributed by atoms with E-state index in [0.717, 1.165) is 13.7 Å². The molecule has 0 aliphatic heterocycles. The van der Waals surface area contributed by atoms with E-state index in [0.29, 0.717) is 10.8 Å². The van der Waals surface area contributed by atoms with E-state index in [4.69, 9.17) is 11.6 Å². The van der Waals surface area contributed by atoms with Gasteiger partial charge in [-0.15, -0.1) is 11.3 Å². The first-order chi connectivity index (χ1) is 5.68. The van der Waals surface area contributed by atoms with Crippen LogP contribution in [0.15, 0.2) is 17.5 Å². The second-order valence-electron chi connectivity index (χ2n) is 2.39. The van der Waals surface area contributed by atoms with Crippen LogP contribution in [-0.4, -0.2) is 5.11 Å². The Morgan fingerprint density at radius 1 is 1.42 bits per heavy atom. The first-order valence-corrected chi connectivity index (χ1v) is 5.57. The molecule has 1 N–H and O–H groups in total. The van der Waals surface area contributed by atoms with Gasteiger partial charge in [0.15, 0.2) is 0 Å². The van der Waals surface area contributed by atoms with Crippen molar-refractivity contribution in [2.75, 3.05) is 0 Å². The summed E-state index contributed by atoms with van der Waals surface area (Å²) in [5.41, 5.74) is 0. The highest BCUT2D eigenvalue weighted by molar-refractivity contribution is 14.1. The summed E-state index contributed by atoms with van der Waals surface area (Å²) < 4.78 is 1.99. The molecule has 0 amide bonds. The van der Waals surface area contributed by atoms with Crippen molar-refractivity contribution in [3.8, 4) is 5.75 Å². The maximum absolute atomic E-state index is 9.41. The Kier molecular flexibility index (Phi) is 2.18. The monoisotopic (exact) mass is 310 g/mol. The van der Waals surface area contributed by atoms with Gasteiger partial charge in [-0.05, 0) is 34.7 Å². The van der Waals surface area contributed by atoms with E-state index < -0.39 is 0 Å². The number of aromatic hydroxyl groups is 1. The van der Waals surface area contributed by atoms with E-state index >= 15 is 0 Å². The maximum atomic E-state index is 9.41. The van der Waals surface area contributed by atoms with Crippen LogP contribution >= 0.6 is 45.5 Å². The van der Waals surface area contributed by atoms with Crippen LogP contribution in [0.5, 0.6) is 5.75 Å². The van der Waals surface area contributed by atoms with Gasteiger partial charge < -0.3 is 5.11 Å². The zero-order valence-electron chi connectivity index (χ0n) is 5.84. The van der Waals surface area contributed by atoms with Gasteiger partial charge in [-0.1, -0.05) is 11.6 Å². The molecular weight excluding hydrogens is 307 g/mol. The molecule has 1 aromatic heterocycles. The van der Waals surface area contributed by atoms with Gasteiger partial charge in [0.2, 0.25) is 0 Å². The van der Waals surface area contributed by atoms with Gasteiger partial charge in [-0.3, -0.25) is 0 Å². The molecule has 0 unspecified atom stereocenters. The van der Waals surface area contributed by atoms with Gasteiger partial charge >= 0.3 is 0 Å². The van der Waals surface area contributed by atoms with Crippen LogP contribution in [-0.2, 0) is 0 Å². The van der Waals surface area contributed by atoms with Gasteiger partial charge in [0.05, 0.1) is 9.72 Å². The average molecular weight is 311 g/mol. The minimum absolute atomic E-state index is 0.315. The minimum atomic E-state index is 0.315. The fourth-order valence-corrected chi connectivity index (χ4v) is 3.03. The largest absolute Gasteiger partial charge is 0.506 e. The highest BCUT2D eigenvalue weighted by Gasteiger charge is 2.06.